The molecule has 136 valence electrons. The van der Waals surface area contributed by atoms with Gasteiger partial charge in [0.15, 0.2) is 0 Å². The molecular weight excluding hydrogens is 354 g/mol. The number of anilines is 1. The molecule has 7 heteroatoms. The Labute approximate surface area is 156 Å². The van der Waals surface area contributed by atoms with E-state index < -0.39 is 5.91 Å². The zero-order chi connectivity index (χ0) is 19.1. The first-order chi connectivity index (χ1) is 12.3. The van der Waals surface area contributed by atoms with E-state index in [1.165, 1.54) is 6.92 Å². The molecule has 0 spiro atoms. The van der Waals surface area contributed by atoms with Crippen LogP contribution in [-0.2, 0) is 14.4 Å². The maximum atomic E-state index is 12.0. The van der Waals surface area contributed by atoms with Gasteiger partial charge < -0.3 is 16.0 Å². The molecule has 0 aliphatic rings. The molecule has 0 heterocycles. The molecule has 3 amide bonds. The SMILES string of the molecule is CC(=O)NCC(=O)NCC(=O)Nc1ccc(-c2cccc(Cl)c2)cc1C. The summed E-state index contributed by atoms with van der Waals surface area (Å²) in [4.78, 5) is 34.2. The minimum atomic E-state index is -0.427. The van der Waals surface area contributed by atoms with Crippen LogP contribution in [-0.4, -0.2) is 30.8 Å². The summed E-state index contributed by atoms with van der Waals surface area (Å²) in [6, 6.07) is 13.2. The number of halogens is 1. The summed E-state index contributed by atoms with van der Waals surface area (Å²) in [6.45, 7) is 2.87. The van der Waals surface area contributed by atoms with Gasteiger partial charge in [0.25, 0.3) is 0 Å². The molecule has 26 heavy (non-hydrogen) atoms. The van der Waals surface area contributed by atoms with Crippen molar-refractivity contribution in [1.82, 2.24) is 10.6 Å². The van der Waals surface area contributed by atoms with E-state index in [1.807, 2.05) is 49.4 Å². The second kappa shape index (κ2) is 9.01. The number of hydrogen-bond donors (Lipinski definition) is 3. The molecule has 3 N–H and O–H groups in total. The predicted molar refractivity (Wildman–Crippen MR) is 102 cm³/mol. The van der Waals surface area contributed by atoms with Crippen LogP contribution in [0.4, 0.5) is 5.69 Å². The minimum absolute atomic E-state index is 0.157. The Kier molecular flexibility index (Phi) is 6.74. The van der Waals surface area contributed by atoms with Crippen LogP contribution in [0.5, 0.6) is 0 Å². The summed E-state index contributed by atoms with van der Waals surface area (Å²) in [6.07, 6.45) is 0. The van der Waals surface area contributed by atoms with Crippen LogP contribution in [0.25, 0.3) is 11.1 Å². The number of nitrogens with one attached hydrogen (secondary N) is 3. The van der Waals surface area contributed by atoms with Crippen molar-refractivity contribution in [3.8, 4) is 11.1 Å². The van der Waals surface area contributed by atoms with E-state index in [1.54, 1.807) is 0 Å². The van der Waals surface area contributed by atoms with Gasteiger partial charge in [-0.15, -0.1) is 0 Å². The topological polar surface area (TPSA) is 87.3 Å². The van der Waals surface area contributed by atoms with Crippen LogP contribution in [0.3, 0.4) is 0 Å². The van der Waals surface area contributed by atoms with Crippen molar-refractivity contribution in [2.24, 2.45) is 0 Å². The van der Waals surface area contributed by atoms with E-state index in [0.717, 1.165) is 16.7 Å². The van der Waals surface area contributed by atoms with Gasteiger partial charge in [0.2, 0.25) is 17.7 Å². The Morgan fingerprint density at radius 1 is 0.923 bits per heavy atom. The van der Waals surface area contributed by atoms with Gasteiger partial charge in [-0.3, -0.25) is 14.4 Å². The number of carbonyl (C=O) groups excluding carboxylic acids is 3. The molecule has 0 saturated carbocycles. The Hall–Kier alpha value is -2.86. The third kappa shape index (κ3) is 5.89. The Morgan fingerprint density at radius 3 is 2.27 bits per heavy atom. The van der Waals surface area contributed by atoms with Crippen LogP contribution in [0, 0.1) is 6.92 Å². The molecule has 0 aliphatic carbocycles. The van der Waals surface area contributed by atoms with Crippen LogP contribution in [0.1, 0.15) is 12.5 Å². The molecule has 0 fully saturated rings. The molecule has 0 aliphatic heterocycles. The average molecular weight is 374 g/mol. The molecule has 0 bridgehead atoms. The number of benzene rings is 2. The van der Waals surface area contributed by atoms with E-state index in [9.17, 15) is 14.4 Å². The van der Waals surface area contributed by atoms with E-state index in [-0.39, 0.29) is 24.9 Å². The van der Waals surface area contributed by atoms with Crippen molar-refractivity contribution in [3.05, 3.63) is 53.1 Å². The summed E-state index contributed by atoms with van der Waals surface area (Å²) in [5, 5.41) is 8.22. The van der Waals surface area contributed by atoms with Gasteiger partial charge >= 0.3 is 0 Å². The second-order valence-electron chi connectivity index (χ2n) is 5.77. The lowest BCUT2D eigenvalue weighted by atomic mass is 10.0. The first-order valence-electron chi connectivity index (χ1n) is 8.02. The lowest BCUT2D eigenvalue weighted by Crippen LogP contribution is -2.39. The quantitative estimate of drug-likeness (QED) is 0.727. The normalized spacial score (nSPS) is 10.1. The highest BCUT2D eigenvalue weighted by molar-refractivity contribution is 6.30. The number of hydrogen-bond acceptors (Lipinski definition) is 3. The summed E-state index contributed by atoms with van der Waals surface area (Å²) in [5.41, 5.74) is 3.53. The first kappa shape index (κ1) is 19.5. The van der Waals surface area contributed by atoms with Gasteiger partial charge in [-0.2, -0.15) is 0 Å². The standard InChI is InChI=1S/C19H20ClN3O3/c1-12-8-15(14-4-3-5-16(20)9-14)6-7-17(12)23-19(26)11-22-18(25)10-21-13(2)24/h3-9H,10-11H2,1-2H3,(H,21,24)(H,22,25)(H,23,26). The van der Waals surface area contributed by atoms with Gasteiger partial charge in [-0.25, -0.2) is 0 Å². The van der Waals surface area contributed by atoms with Crippen molar-refractivity contribution >= 4 is 35.0 Å². The summed E-state index contributed by atoms with van der Waals surface area (Å²) in [7, 11) is 0. The van der Waals surface area contributed by atoms with Crippen LogP contribution in [0.2, 0.25) is 5.02 Å². The molecule has 6 nitrogen and oxygen atoms in total. The second-order valence-corrected chi connectivity index (χ2v) is 6.21. The third-order valence-corrected chi connectivity index (χ3v) is 3.84. The summed E-state index contributed by atoms with van der Waals surface area (Å²) >= 11 is 6.02. The molecule has 0 aromatic heterocycles. The van der Waals surface area contributed by atoms with Crippen molar-refractivity contribution in [3.63, 3.8) is 0 Å². The molecule has 0 unspecified atom stereocenters. The van der Waals surface area contributed by atoms with Crippen LogP contribution >= 0.6 is 11.6 Å². The van der Waals surface area contributed by atoms with Crippen LogP contribution < -0.4 is 16.0 Å². The van der Waals surface area contributed by atoms with Crippen molar-refractivity contribution < 1.29 is 14.4 Å². The predicted octanol–water partition coefficient (Wildman–Crippen LogP) is 2.51. The van der Waals surface area contributed by atoms with Gasteiger partial charge in [-0.1, -0.05) is 29.8 Å². The third-order valence-electron chi connectivity index (χ3n) is 3.60. The minimum Gasteiger partial charge on any atom is -0.347 e. The highest BCUT2D eigenvalue weighted by Crippen LogP contribution is 2.26. The Morgan fingerprint density at radius 2 is 1.62 bits per heavy atom. The summed E-state index contributed by atoms with van der Waals surface area (Å²) in [5.74, 6) is -1.08. The van der Waals surface area contributed by atoms with Crippen molar-refractivity contribution in [1.29, 1.82) is 0 Å². The smallest absolute Gasteiger partial charge is 0.243 e. The molecule has 2 aromatic carbocycles. The number of aryl methyl sites for hydroxylation is 1. The highest BCUT2D eigenvalue weighted by Gasteiger charge is 2.09. The first-order valence-corrected chi connectivity index (χ1v) is 8.40. The van der Waals surface area contributed by atoms with Crippen LogP contribution in [0.15, 0.2) is 42.5 Å². The van der Waals surface area contributed by atoms with E-state index in [0.29, 0.717) is 10.7 Å². The zero-order valence-corrected chi connectivity index (χ0v) is 15.3. The van der Waals surface area contributed by atoms with Gasteiger partial charge in [0.1, 0.15) is 0 Å². The van der Waals surface area contributed by atoms with E-state index in [4.69, 9.17) is 11.6 Å². The van der Waals surface area contributed by atoms with Gasteiger partial charge in [-0.05, 0) is 47.9 Å². The molecule has 2 rings (SSSR count). The van der Waals surface area contributed by atoms with Crippen molar-refractivity contribution in [2.45, 2.75) is 13.8 Å². The molecule has 0 saturated heterocycles. The maximum absolute atomic E-state index is 12.0. The summed E-state index contributed by atoms with van der Waals surface area (Å²) < 4.78 is 0. The lowest BCUT2D eigenvalue weighted by Gasteiger charge is -2.11. The van der Waals surface area contributed by atoms with Gasteiger partial charge in [0.05, 0.1) is 13.1 Å². The molecule has 2 aromatic rings. The number of rotatable bonds is 6. The maximum Gasteiger partial charge on any atom is 0.243 e. The fourth-order valence-electron chi connectivity index (χ4n) is 2.29. The largest absolute Gasteiger partial charge is 0.347 e. The molecule has 0 atom stereocenters. The fraction of sp³-hybridized carbons (Fsp3) is 0.211. The Bertz CT molecular complexity index is 837. The van der Waals surface area contributed by atoms with Crippen molar-refractivity contribution in [2.75, 3.05) is 18.4 Å². The fourth-order valence-corrected chi connectivity index (χ4v) is 2.48. The lowest BCUT2D eigenvalue weighted by molar-refractivity contribution is -0.126. The van der Waals surface area contributed by atoms with Gasteiger partial charge in [0, 0.05) is 17.6 Å². The monoisotopic (exact) mass is 373 g/mol. The molecular formula is C19H20ClN3O3. The number of amides is 3. The highest BCUT2D eigenvalue weighted by atomic mass is 35.5. The van der Waals surface area contributed by atoms with E-state index >= 15 is 0 Å². The Balaban J connectivity index is 1.94. The van der Waals surface area contributed by atoms with E-state index in [2.05, 4.69) is 16.0 Å². The zero-order valence-electron chi connectivity index (χ0n) is 14.6. The average Bonchev–Trinajstić information content (AvgIpc) is 2.60. The molecule has 0 radical (unpaired) electrons. The number of carbonyl (C=O) groups is 3.